The van der Waals surface area contributed by atoms with E-state index in [1.807, 2.05) is 11.8 Å². The Balaban J connectivity index is 1.77. The van der Waals surface area contributed by atoms with E-state index in [0.717, 1.165) is 56.7 Å². The molecule has 2 atom stereocenters. The molecule has 212 valence electrons. The van der Waals surface area contributed by atoms with E-state index < -0.39 is 11.6 Å². The Morgan fingerprint density at radius 2 is 1.69 bits per heavy atom. The Morgan fingerprint density at radius 1 is 1.00 bits per heavy atom. The van der Waals surface area contributed by atoms with Crippen LogP contribution in [0.4, 0.5) is 8.78 Å². The van der Waals surface area contributed by atoms with Gasteiger partial charge in [0.05, 0.1) is 27.4 Å². The van der Waals surface area contributed by atoms with Crippen LogP contribution in [0.3, 0.4) is 0 Å². The summed E-state index contributed by atoms with van der Waals surface area (Å²) in [7, 11) is 4.59. The molecule has 0 aromatic heterocycles. The number of ether oxygens (including phenoxy) is 3. The van der Waals surface area contributed by atoms with Gasteiger partial charge >= 0.3 is 0 Å². The first-order chi connectivity index (χ1) is 18.9. The molecule has 1 heterocycles. The van der Waals surface area contributed by atoms with Gasteiger partial charge in [-0.05, 0) is 69.3 Å². The summed E-state index contributed by atoms with van der Waals surface area (Å²) < 4.78 is 44.5. The molecule has 0 radical (unpaired) electrons. The SMILES string of the molecule is COc1cc(C(=O)N(CC(C)=Cc2ccc(F)cc2F)C(C2CCCCC2)C2CCCN2)cc(OC)c1OC. The van der Waals surface area contributed by atoms with Crippen LogP contribution in [0.2, 0.25) is 0 Å². The molecule has 1 saturated carbocycles. The minimum absolute atomic E-state index is 0.0270. The van der Waals surface area contributed by atoms with Crippen molar-refractivity contribution in [3.8, 4) is 17.2 Å². The highest BCUT2D eigenvalue weighted by molar-refractivity contribution is 5.96. The normalized spacial score (nSPS) is 19.0. The maximum Gasteiger partial charge on any atom is 0.254 e. The van der Waals surface area contributed by atoms with Gasteiger partial charge in [-0.25, -0.2) is 8.78 Å². The van der Waals surface area contributed by atoms with Crippen molar-refractivity contribution in [3.05, 3.63) is 58.7 Å². The van der Waals surface area contributed by atoms with Crippen molar-refractivity contribution < 1.29 is 27.8 Å². The van der Waals surface area contributed by atoms with Gasteiger partial charge in [0, 0.05) is 29.8 Å². The fourth-order valence-electron chi connectivity index (χ4n) is 6.16. The number of nitrogens with one attached hydrogen (secondary N) is 1. The zero-order valence-corrected chi connectivity index (χ0v) is 23.4. The minimum atomic E-state index is -0.627. The molecule has 2 aromatic carbocycles. The molecular formula is C31H40F2N2O4. The summed E-state index contributed by atoms with van der Waals surface area (Å²) in [5.74, 6) is 0.209. The number of halogens is 2. The third-order valence-electron chi connectivity index (χ3n) is 7.96. The first kappa shape index (κ1) is 28.9. The molecule has 1 aliphatic carbocycles. The van der Waals surface area contributed by atoms with Crippen molar-refractivity contribution in [2.75, 3.05) is 34.4 Å². The van der Waals surface area contributed by atoms with Crippen LogP contribution >= 0.6 is 0 Å². The van der Waals surface area contributed by atoms with Gasteiger partial charge in [-0.3, -0.25) is 4.79 Å². The number of amides is 1. The van der Waals surface area contributed by atoms with Gasteiger partial charge in [0.2, 0.25) is 5.75 Å². The van der Waals surface area contributed by atoms with Gasteiger partial charge < -0.3 is 24.4 Å². The highest BCUT2D eigenvalue weighted by atomic mass is 19.1. The number of benzene rings is 2. The standard InChI is InChI=1S/C31H40F2N2O4/c1-20(15-22-12-13-24(32)18-25(22)33)19-35(29(26-11-8-14-34-26)21-9-6-5-7-10-21)31(36)23-16-27(37-2)30(39-4)28(17-23)38-3/h12-13,15-18,21,26,29,34H,5-11,14,19H2,1-4H3. The molecule has 6 nitrogen and oxygen atoms in total. The highest BCUT2D eigenvalue weighted by Crippen LogP contribution is 2.40. The third kappa shape index (κ3) is 6.72. The minimum Gasteiger partial charge on any atom is -0.493 e. The van der Waals surface area contributed by atoms with Gasteiger partial charge in [0.15, 0.2) is 11.5 Å². The molecule has 1 aliphatic heterocycles. The van der Waals surface area contributed by atoms with E-state index in [-0.39, 0.29) is 18.0 Å². The Bertz CT molecular complexity index is 1150. The molecule has 1 saturated heterocycles. The lowest BCUT2D eigenvalue weighted by molar-refractivity contribution is 0.0527. The number of nitrogens with zero attached hydrogens (tertiary/aromatic N) is 1. The molecule has 2 fully saturated rings. The van der Waals surface area contributed by atoms with E-state index in [1.165, 1.54) is 39.9 Å². The number of carbonyl (C=O) groups excluding carboxylic acids is 1. The largest absolute Gasteiger partial charge is 0.493 e. The predicted molar refractivity (Wildman–Crippen MR) is 149 cm³/mol. The smallest absolute Gasteiger partial charge is 0.254 e. The van der Waals surface area contributed by atoms with Crippen LogP contribution in [0.15, 0.2) is 35.9 Å². The van der Waals surface area contributed by atoms with Crippen LogP contribution in [0.1, 0.15) is 67.8 Å². The van der Waals surface area contributed by atoms with E-state index in [9.17, 15) is 13.6 Å². The fourth-order valence-corrected chi connectivity index (χ4v) is 6.16. The average Bonchev–Trinajstić information content (AvgIpc) is 3.48. The summed E-state index contributed by atoms with van der Waals surface area (Å²) >= 11 is 0. The summed E-state index contributed by atoms with van der Waals surface area (Å²) in [6.45, 7) is 3.12. The second-order valence-corrected chi connectivity index (χ2v) is 10.6. The highest BCUT2D eigenvalue weighted by Gasteiger charge is 2.39. The number of methoxy groups -OCH3 is 3. The van der Waals surface area contributed by atoms with Crippen molar-refractivity contribution in [1.82, 2.24) is 10.2 Å². The second kappa shape index (κ2) is 13.3. The van der Waals surface area contributed by atoms with Crippen molar-refractivity contribution in [3.63, 3.8) is 0 Å². The van der Waals surface area contributed by atoms with Crippen LogP contribution in [0.5, 0.6) is 17.2 Å². The molecule has 0 bridgehead atoms. The van der Waals surface area contributed by atoms with Gasteiger partial charge in [0.1, 0.15) is 11.6 Å². The molecule has 1 amide bonds. The van der Waals surface area contributed by atoms with Gasteiger partial charge in [-0.15, -0.1) is 0 Å². The summed E-state index contributed by atoms with van der Waals surface area (Å²) in [4.78, 5) is 16.4. The van der Waals surface area contributed by atoms with Gasteiger partial charge in [-0.2, -0.15) is 0 Å². The van der Waals surface area contributed by atoms with Crippen LogP contribution in [-0.2, 0) is 0 Å². The monoisotopic (exact) mass is 542 g/mol. The maximum absolute atomic E-state index is 14.5. The van der Waals surface area contributed by atoms with Crippen molar-refractivity contribution in [1.29, 1.82) is 0 Å². The summed E-state index contributed by atoms with van der Waals surface area (Å²) in [6, 6.07) is 7.08. The van der Waals surface area contributed by atoms with Crippen LogP contribution in [-0.4, -0.2) is 57.3 Å². The van der Waals surface area contributed by atoms with Gasteiger partial charge in [-0.1, -0.05) is 30.9 Å². The van der Waals surface area contributed by atoms with E-state index in [0.29, 0.717) is 40.8 Å². The topological polar surface area (TPSA) is 60.0 Å². The van der Waals surface area contributed by atoms with Gasteiger partial charge in [0.25, 0.3) is 5.91 Å². The second-order valence-electron chi connectivity index (χ2n) is 10.6. The molecule has 0 spiro atoms. The molecule has 2 aliphatic rings. The molecule has 4 rings (SSSR count). The molecule has 39 heavy (non-hydrogen) atoms. The Morgan fingerprint density at radius 3 is 2.26 bits per heavy atom. The molecule has 1 N–H and O–H groups in total. The van der Waals surface area contributed by atoms with E-state index in [1.54, 1.807) is 18.2 Å². The molecule has 2 unspecified atom stereocenters. The summed E-state index contributed by atoms with van der Waals surface area (Å²) in [5, 5.41) is 3.66. The Kier molecular flexibility index (Phi) is 9.83. The van der Waals surface area contributed by atoms with Crippen molar-refractivity contribution in [2.24, 2.45) is 5.92 Å². The first-order valence-corrected chi connectivity index (χ1v) is 13.8. The lowest BCUT2D eigenvalue weighted by Gasteiger charge is -2.42. The van der Waals surface area contributed by atoms with Crippen LogP contribution in [0, 0.1) is 17.6 Å². The molecule has 8 heteroatoms. The molecule has 2 aromatic rings. The van der Waals surface area contributed by atoms with Crippen molar-refractivity contribution in [2.45, 2.75) is 64.0 Å². The number of hydrogen-bond acceptors (Lipinski definition) is 5. The molecular weight excluding hydrogens is 502 g/mol. The zero-order valence-electron chi connectivity index (χ0n) is 23.4. The zero-order chi connectivity index (χ0) is 27.9. The number of carbonyl (C=O) groups is 1. The van der Waals surface area contributed by atoms with Crippen LogP contribution in [0.25, 0.3) is 6.08 Å². The third-order valence-corrected chi connectivity index (χ3v) is 7.96. The lowest BCUT2D eigenvalue weighted by atomic mass is 9.79. The van der Waals surface area contributed by atoms with Crippen molar-refractivity contribution >= 4 is 12.0 Å². The fraction of sp³-hybridized carbons (Fsp3) is 0.516. The Labute approximate surface area is 230 Å². The summed E-state index contributed by atoms with van der Waals surface area (Å²) in [5.41, 5.74) is 1.53. The number of hydrogen-bond donors (Lipinski definition) is 1. The lowest BCUT2D eigenvalue weighted by Crippen LogP contribution is -2.55. The maximum atomic E-state index is 14.5. The van der Waals surface area contributed by atoms with E-state index in [4.69, 9.17) is 14.2 Å². The Hall–Kier alpha value is -3.13. The predicted octanol–water partition coefficient (Wildman–Crippen LogP) is 6.24. The van der Waals surface area contributed by atoms with E-state index in [2.05, 4.69) is 5.32 Å². The number of rotatable bonds is 10. The van der Waals surface area contributed by atoms with Crippen LogP contribution < -0.4 is 19.5 Å². The average molecular weight is 543 g/mol. The first-order valence-electron chi connectivity index (χ1n) is 13.8. The summed E-state index contributed by atoms with van der Waals surface area (Å²) in [6.07, 6.45) is 9.40. The quantitative estimate of drug-likeness (QED) is 0.385. The van der Waals surface area contributed by atoms with E-state index >= 15 is 0 Å².